The third-order valence-corrected chi connectivity index (χ3v) is 6.06. The second-order valence-electron chi connectivity index (χ2n) is 6.20. The Hall–Kier alpha value is -2.85. The van der Waals surface area contributed by atoms with Crippen LogP contribution in [-0.4, -0.2) is 38.4 Å². The van der Waals surface area contributed by atoms with Crippen LogP contribution in [0.25, 0.3) is 0 Å². The molecule has 0 unspecified atom stereocenters. The van der Waals surface area contributed by atoms with Gasteiger partial charge in [0, 0.05) is 11.4 Å². The fourth-order valence-corrected chi connectivity index (χ4v) is 4.79. The third-order valence-electron chi connectivity index (χ3n) is 4.31. The summed E-state index contributed by atoms with van der Waals surface area (Å²) in [5.74, 6) is -0.121. The largest absolute Gasteiger partial charge is 0.376 e. The van der Waals surface area contributed by atoms with E-state index in [2.05, 4.69) is 11.4 Å². The molecule has 1 aliphatic heterocycles. The zero-order valence-electron chi connectivity index (χ0n) is 14.1. The van der Waals surface area contributed by atoms with Gasteiger partial charge < -0.3 is 10.2 Å². The Balaban J connectivity index is 1.78. The van der Waals surface area contributed by atoms with E-state index in [1.54, 1.807) is 41.3 Å². The molecule has 1 amide bonds. The molecule has 7 heteroatoms. The number of para-hydroxylation sites is 1. The number of nitrogens with one attached hydrogen (secondary N) is 1. The van der Waals surface area contributed by atoms with Gasteiger partial charge in [-0.2, -0.15) is 5.26 Å². The zero-order valence-corrected chi connectivity index (χ0v) is 14.9. The minimum Gasteiger partial charge on any atom is -0.376 e. The third kappa shape index (κ3) is 4.21. The van der Waals surface area contributed by atoms with Crippen molar-refractivity contribution >= 4 is 27.1 Å². The molecule has 0 spiro atoms. The number of carbonyl (C=O) groups is 1. The van der Waals surface area contributed by atoms with E-state index in [9.17, 15) is 13.2 Å². The van der Waals surface area contributed by atoms with Crippen LogP contribution < -0.4 is 10.2 Å². The van der Waals surface area contributed by atoms with Crippen molar-refractivity contribution in [3.63, 3.8) is 0 Å². The quantitative estimate of drug-likeness (QED) is 0.872. The summed E-state index contributed by atoms with van der Waals surface area (Å²) < 4.78 is 23.7. The molecule has 1 heterocycles. The lowest BCUT2D eigenvalue weighted by molar-refractivity contribution is -0.117. The summed E-state index contributed by atoms with van der Waals surface area (Å²) in [6.07, 6.45) is 0.437. The second-order valence-corrected chi connectivity index (χ2v) is 8.43. The van der Waals surface area contributed by atoms with Crippen molar-refractivity contribution in [2.75, 3.05) is 28.3 Å². The average Bonchev–Trinajstić information content (AvgIpc) is 3.00. The van der Waals surface area contributed by atoms with Gasteiger partial charge in [0.25, 0.3) is 0 Å². The standard InChI is InChI=1S/C19H19N3O3S/c20-12-15-5-4-6-16(11-15)21-13-19(23)22(17-7-2-1-3-8-17)18-9-10-26(24,25)14-18/h1-8,11,18,21H,9-10,13-14H2/t18-/m1/s1. The first kappa shape index (κ1) is 18.0. The number of hydrogen-bond donors (Lipinski definition) is 1. The molecule has 0 saturated carbocycles. The van der Waals surface area contributed by atoms with E-state index in [-0.39, 0.29) is 30.0 Å². The highest BCUT2D eigenvalue weighted by atomic mass is 32.2. The average molecular weight is 369 g/mol. The van der Waals surface area contributed by atoms with Gasteiger partial charge in [0.05, 0.1) is 35.7 Å². The molecule has 1 fully saturated rings. The van der Waals surface area contributed by atoms with Crippen LogP contribution in [-0.2, 0) is 14.6 Å². The molecule has 0 aliphatic carbocycles. The van der Waals surface area contributed by atoms with E-state index >= 15 is 0 Å². The van der Waals surface area contributed by atoms with Crippen molar-refractivity contribution in [3.8, 4) is 6.07 Å². The van der Waals surface area contributed by atoms with Gasteiger partial charge in [-0.15, -0.1) is 0 Å². The molecule has 1 N–H and O–H groups in total. The van der Waals surface area contributed by atoms with Crippen LogP contribution >= 0.6 is 0 Å². The van der Waals surface area contributed by atoms with Gasteiger partial charge in [-0.1, -0.05) is 24.3 Å². The number of benzene rings is 2. The van der Waals surface area contributed by atoms with E-state index in [0.29, 0.717) is 23.4 Å². The van der Waals surface area contributed by atoms with Crippen LogP contribution in [0.3, 0.4) is 0 Å². The normalized spacial score (nSPS) is 18.0. The number of carbonyl (C=O) groups excluding carboxylic acids is 1. The summed E-state index contributed by atoms with van der Waals surface area (Å²) in [5, 5.41) is 12.0. The van der Waals surface area contributed by atoms with Gasteiger partial charge in [-0.3, -0.25) is 4.79 Å². The molecule has 6 nitrogen and oxygen atoms in total. The summed E-state index contributed by atoms with van der Waals surface area (Å²) in [5.41, 5.74) is 1.86. The Morgan fingerprint density at radius 2 is 1.96 bits per heavy atom. The Labute approximate surface area is 153 Å². The van der Waals surface area contributed by atoms with Gasteiger partial charge in [0.15, 0.2) is 9.84 Å². The lowest BCUT2D eigenvalue weighted by atomic mass is 10.1. The fourth-order valence-electron chi connectivity index (χ4n) is 3.09. The van der Waals surface area contributed by atoms with Crippen LogP contribution in [0.5, 0.6) is 0 Å². The summed E-state index contributed by atoms with van der Waals surface area (Å²) in [7, 11) is -3.11. The monoisotopic (exact) mass is 369 g/mol. The Morgan fingerprint density at radius 3 is 2.62 bits per heavy atom. The number of anilines is 2. The number of nitrogens with zero attached hydrogens (tertiary/aromatic N) is 2. The van der Waals surface area contributed by atoms with Crippen molar-refractivity contribution in [3.05, 3.63) is 60.2 Å². The van der Waals surface area contributed by atoms with Crippen LogP contribution in [0, 0.1) is 11.3 Å². The van der Waals surface area contributed by atoms with Crippen molar-refractivity contribution < 1.29 is 13.2 Å². The van der Waals surface area contributed by atoms with Crippen LogP contribution in [0.4, 0.5) is 11.4 Å². The number of amides is 1. The highest BCUT2D eigenvalue weighted by Gasteiger charge is 2.35. The number of sulfone groups is 1. The van der Waals surface area contributed by atoms with Crippen LogP contribution in [0.1, 0.15) is 12.0 Å². The Bertz CT molecular complexity index is 936. The van der Waals surface area contributed by atoms with E-state index in [0.717, 1.165) is 0 Å². The molecule has 0 aromatic heterocycles. The Morgan fingerprint density at radius 1 is 1.19 bits per heavy atom. The second kappa shape index (κ2) is 7.58. The number of rotatable bonds is 5. The molecular weight excluding hydrogens is 350 g/mol. The van der Waals surface area contributed by atoms with Gasteiger partial charge >= 0.3 is 0 Å². The highest BCUT2D eigenvalue weighted by Crippen LogP contribution is 2.24. The van der Waals surface area contributed by atoms with E-state index < -0.39 is 9.84 Å². The van der Waals surface area contributed by atoms with Crippen molar-refractivity contribution in [2.24, 2.45) is 0 Å². The first-order chi connectivity index (χ1) is 12.5. The SMILES string of the molecule is N#Cc1cccc(NCC(=O)N(c2ccccc2)[C@@H]2CCS(=O)(=O)C2)c1. The van der Waals surface area contributed by atoms with Gasteiger partial charge in [-0.25, -0.2) is 8.42 Å². The van der Waals surface area contributed by atoms with E-state index in [4.69, 9.17) is 5.26 Å². The minimum atomic E-state index is -3.11. The van der Waals surface area contributed by atoms with E-state index in [1.807, 2.05) is 18.2 Å². The van der Waals surface area contributed by atoms with Gasteiger partial charge in [-0.05, 0) is 36.8 Å². The predicted octanol–water partition coefficient (Wildman–Crippen LogP) is 2.19. The maximum Gasteiger partial charge on any atom is 0.246 e. The van der Waals surface area contributed by atoms with Crippen LogP contribution in [0.2, 0.25) is 0 Å². The summed E-state index contributed by atoms with van der Waals surface area (Å²) in [4.78, 5) is 14.4. The summed E-state index contributed by atoms with van der Waals surface area (Å²) in [6, 6.07) is 17.7. The minimum absolute atomic E-state index is 0.0142. The molecule has 2 aromatic carbocycles. The molecule has 1 atom stereocenters. The van der Waals surface area contributed by atoms with Crippen molar-refractivity contribution in [1.82, 2.24) is 0 Å². The molecule has 1 aliphatic rings. The van der Waals surface area contributed by atoms with E-state index in [1.165, 1.54) is 0 Å². The van der Waals surface area contributed by atoms with Crippen molar-refractivity contribution in [2.45, 2.75) is 12.5 Å². The van der Waals surface area contributed by atoms with Crippen LogP contribution in [0.15, 0.2) is 54.6 Å². The predicted molar refractivity (Wildman–Crippen MR) is 101 cm³/mol. The summed E-state index contributed by atoms with van der Waals surface area (Å²) >= 11 is 0. The maximum absolute atomic E-state index is 12.9. The smallest absolute Gasteiger partial charge is 0.246 e. The first-order valence-corrected chi connectivity index (χ1v) is 10.1. The Kier molecular flexibility index (Phi) is 5.24. The lowest BCUT2D eigenvalue weighted by Crippen LogP contribution is -2.44. The molecule has 2 aromatic rings. The number of nitriles is 1. The van der Waals surface area contributed by atoms with Crippen molar-refractivity contribution in [1.29, 1.82) is 5.26 Å². The lowest BCUT2D eigenvalue weighted by Gasteiger charge is -2.28. The fraction of sp³-hybridized carbons (Fsp3) is 0.263. The topological polar surface area (TPSA) is 90.3 Å². The molecule has 3 rings (SSSR count). The molecule has 26 heavy (non-hydrogen) atoms. The summed E-state index contributed by atoms with van der Waals surface area (Å²) in [6.45, 7) is 0.0142. The maximum atomic E-state index is 12.9. The van der Waals surface area contributed by atoms with Gasteiger partial charge in [0.1, 0.15) is 0 Å². The highest BCUT2D eigenvalue weighted by molar-refractivity contribution is 7.91. The molecular formula is C19H19N3O3S. The molecule has 1 saturated heterocycles. The first-order valence-electron chi connectivity index (χ1n) is 8.30. The number of hydrogen-bond acceptors (Lipinski definition) is 5. The van der Waals surface area contributed by atoms with Gasteiger partial charge in [0.2, 0.25) is 5.91 Å². The molecule has 134 valence electrons. The molecule has 0 radical (unpaired) electrons. The zero-order chi connectivity index (χ0) is 18.6. The molecule has 0 bridgehead atoms.